The molecule has 4 heteroatoms. The second-order valence-electron chi connectivity index (χ2n) is 6.14. The predicted molar refractivity (Wildman–Crippen MR) is 87.9 cm³/mol. The van der Waals surface area contributed by atoms with Crippen LogP contribution in [0.1, 0.15) is 24.8 Å². The van der Waals surface area contributed by atoms with E-state index >= 15 is 0 Å². The third-order valence-corrected chi connectivity index (χ3v) is 4.61. The Morgan fingerprint density at radius 1 is 1.00 bits per heavy atom. The van der Waals surface area contributed by atoms with Crippen molar-refractivity contribution in [3.8, 4) is 0 Å². The van der Waals surface area contributed by atoms with Crippen LogP contribution in [0.25, 0.3) is 0 Å². The van der Waals surface area contributed by atoms with E-state index in [-0.39, 0.29) is 0 Å². The summed E-state index contributed by atoms with van der Waals surface area (Å²) in [5.74, 6) is 0. The van der Waals surface area contributed by atoms with Gasteiger partial charge in [0.1, 0.15) is 0 Å². The zero-order valence-electron chi connectivity index (χ0n) is 12.9. The third kappa shape index (κ3) is 3.89. The van der Waals surface area contributed by atoms with Crippen molar-refractivity contribution in [2.45, 2.75) is 25.7 Å². The summed E-state index contributed by atoms with van der Waals surface area (Å²) in [5.41, 5.74) is 9.76. The van der Waals surface area contributed by atoms with Gasteiger partial charge >= 0.3 is 0 Å². The van der Waals surface area contributed by atoms with Crippen molar-refractivity contribution in [2.24, 2.45) is 0 Å². The summed E-state index contributed by atoms with van der Waals surface area (Å²) < 4.78 is 5.40. The highest BCUT2D eigenvalue weighted by atomic mass is 16.5. The molecule has 0 aliphatic carbocycles. The van der Waals surface area contributed by atoms with Gasteiger partial charge in [0, 0.05) is 32.7 Å². The van der Waals surface area contributed by atoms with Gasteiger partial charge in [-0.15, -0.1) is 0 Å². The first-order chi connectivity index (χ1) is 10.3. The lowest BCUT2D eigenvalue weighted by Gasteiger charge is -2.30. The normalized spacial score (nSPS) is 20.7. The second-order valence-corrected chi connectivity index (χ2v) is 6.14. The molecule has 2 fully saturated rings. The molecule has 21 heavy (non-hydrogen) atoms. The minimum atomic E-state index is 0.876. The quantitative estimate of drug-likeness (QED) is 0.862. The molecule has 0 amide bonds. The molecule has 1 aromatic rings. The summed E-state index contributed by atoms with van der Waals surface area (Å²) in [5, 5.41) is 0. The van der Waals surface area contributed by atoms with Crippen molar-refractivity contribution in [3.63, 3.8) is 0 Å². The van der Waals surface area contributed by atoms with Crippen LogP contribution in [0, 0.1) is 0 Å². The first-order valence-electron chi connectivity index (χ1n) is 8.26. The highest BCUT2D eigenvalue weighted by Gasteiger charge is 2.15. The molecule has 2 heterocycles. The van der Waals surface area contributed by atoms with E-state index in [9.17, 15) is 0 Å². The number of ether oxygens (including phenoxy) is 1. The maximum atomic E-state index is 6.19. The smallest absolute Gasteiger partial charge is 0.0602 e. The number of anilines is 2. The number of nitrogens with two attached hydrogens (primary N) is 1. The van der Waals surface area contributed by atoms with E-state index in [2.05, 4.69) is 28.0 Å². The van der Waals surface area contributed by atoms with Gasteiger partial charge in [0.2, 0.25) is 0 Å². The molecule has 0 radical (unpaired) electrons. The van der Waals surface area contributed by atoms with Gasteiger partial charge in [-0.3, -0.25) is 4.90 Å². The summed E-state index contributed by atoms with van der Waals surface area (Å²) in [4.78, 5) is 4.94. The molecule has 2 saturated heterocycles. The van der Waals surface area contributed by atoms with E-state index < -0.39 is 0 Å². The molecule has 0 saturated carbocycles. The van der Waals surface area contributed by atoms with Crippen molar-refractivity contribution in [1.29, 1.82) is 0 Å². The van der Waals surface area contributed by atoms with Crippen LogP contribution in [0.3, 0.4) is 0 Å². The van der Waals surface area contributed by atoms with Crippen LogP contribution in [0.5, 0.6) is 0 Å². The van der Waals surface area contributed by atoms with Crippen LogP contribution in [-0.2, 0) is 11.2 Å². The summed E-state index contributed by atoms with van der Waals surface area (Å²) in [6, 6.07) is 6.57. The Kier molecular flexibility index (Phi) is 4.99. The lowest BCUT2D eigenvalue weighted by atomic mass is 10.1. The number of hydrogen-bond acceptors (Lipinski definition) is 4. The molecule has 1 aromatic carbocycles. The molecule has 0 spiro atoms. The highest BCUT2D eigenvalue weighted by Crippen LogP contribution is 2.27. The first-order valence-corrected chi connectivity index (χ1v) is 8.26. The van der Waals surface area contributed by atoms with E-state index in [4.69, 9.17) is 10.5 Å². The van der Waals surface area contributed by atoms with Gasteiger partial charge in [-0.2, -0.15) is 0 Å². The van der Waals surface area contributed by atoms with Crippen molar-refractivity contribution >= 4 is 11.4 Å². The van der Waals surface area contributed by atoms with Gasteiger partial charge in [-0.1, -0.05) is 6.07 Å². The number of hydrogen-bond donors (Lipinski definition) is 1. The molecule has 2 aliphatic rings. The van der Waals surface area contributed by atoms with Gasteiger partial charge in [0.25, 0.3) is 0 Å². The van der Waals surface area contributed by atoms with Gasteiger partial charge in [-0.25, -0.2) is 0 Å². The average molecular weight is 289 g/mol. The molecule has 2 N–H and O–H groups in total. The van der Waals surface area contributed by atoms with E-state index in [1.807, 2.05) is 0 Å². The largest absolute Gasteiger partial charge is 0.397 e. The van der Waals surface area contributed by atoms with Gasteiger partial charge in [0.15, 0.2) is 0 Å². The van der Waals surface area contributed by atoms with Crippen molar-refractivity contribution < 1.29 is 4.74 Å². The summed E-state index contributed by atoms with van der Waals surface area (Å²) in [7, 11) is 0. The zero-order chi connectivity index (χ0) is 14.5. The molecule has 0 atom stereocenters. The lowest BCUT2D eigenvalue weighted by Crippen LogP contribution is -2.37. The van der Waals surface area contributed by atoms with E-state index in [1.165, 1.54) is 30.5 Å². The standard InChI is InChI=1S/C17H27N3O/c18-16-5-4-15(6-9-19-10-12-21-13-11-19)14-17(16)20-7-2-1-3-8-20/h4-5,14H,1-3,6-13,18H2. The minimum absolute atomic E-state index is 0.876. The van der Waals surface area contributed by atoms with Crippen LogP contribution in [0.2, 0.25) is 0 Å². The third-order valence-electron chi connectivity index (χ3n) is 4.61. The number of piperidine rings is 1. The Bertz CT molecular complexity index is 451. The highest BCUT2D eigenvalue weighted by molar-refractivity contribution is 5.68. The summed E-state index contributed by atoms with van der Waals surface area (Å²) >= 11 is 0. The van der Waals surface area contributed by atoms with Crippen LogP contribution in [0.4, 0.5) is 11.4 Å². The van der Waals surface area contributed by atoms with Crippen LogP contribution < -0.4 is 10.6 Å². The average Bonchev–Trinajstić information content (AvgIpc) is 2.56. The Hall–Kier alpha value is -1.26. The number of morpholine rings is 1. The van der Waals surface area contributed by atoms with Crippen molar-refractivity contribution in [3.05, 3.63) is 23.8 Å². The fraction of sp³-hybridized carbons (Fsp3) is 0.647. The molecular formula is C17H27N3O. The molecule has 4 nitrogen and oxygen atoms in total. The molecule has 116 valence electrons. The second kappa shape index (κ2) is 7.14. The predicted octanol–water partition coefficient (Wildman–Crippen LogP) is 2.13. The number of nitrogen functional groups attached to an aromatic ring is 1. The number of nitrogens with zero attached hydrogens (tertiary/aromatic N) is 2. The Morgan fingerprint density at radius 3 is 2.52 bits per heavy atom. The molecular weight excluding hydrogens is 262 g/mol. The van der Waals surface area contributed by atoms with Crippen LogP contribution >= 0.6 is 0 Å². The molecule has 0 unspecified atom stereocenters. The van der Waals surface area contributed by atoms with Gasteiger partial charge < -0.3 is 15.4 Å². The first kappa shape index (κ1) is 14.7. The Balaban J connectivity index is 1.62. The summed E-state index contributed by atoms with van der Waals surface area (Å²) in [6.45, 7) is 7.30. The van der Waals surface area contributed by atoms with Crippen LogP contribution in [0.15, 0.2) is 18.2 Å². The number of benzene rings is 1. The molecule has 3 rings (SSSR count). The maximum absolute atomic E-state index is 6.19. The molecule has 2 aliphatic heterocycles. The lowest BCUT2D eigenvalue weighted by molar-refractivity contribution is 0.0384. The van der Waals surface area contributed by atoms with E-state index in [0.717, 1.165) is 58.0 Å². The number of rotatable bonds is 4. The maximum Gasteiger partial charge on any atom is 0.0602 e. The zero-order valence-corrected chi connectivity index (χ0v) is 12.9. The van der Waals surface area contributed by atoms with Gasteiger partial charge in [0.05, 0.1) is 24.6 Å². The van der Waals surface area contributed by atoms with Crippen molar-refractivity contribution in [1.82, 2.24) is 4.90 Å². The van der Waals surface area contributed by atoms with Crippen LogP contribution in [-0.4, -0.2) is 50.8 Å². The fourth-order valence-corrected chi connectivity index (χ4v) is 3.27. The Labute approximate surface area is 127 Å². The molecule has 0 aromatic heterocycles. The monoisotopic (exact) mass is 289 g/mol. The van der Waals surface area contributed by atoms with Crippen molar-refractivity contribution in [2.75, 3.05) is 56.6 Å². The SMILES string of the molecule is Nc1ccc(CCN2CCOCC2)cc1N1CCCCC1. The van der Waals surface area contributed by atoms with E-state index in [1.54, 1.807) is 0 Å². The summed E-state index contributed by atoms with van der Waals surface area (Å²) in [6.07, 6.45) is 5.03. The fourth-order valence-electron chi connectivity index (χ4n) is 3.27. The van der Waals surface area contributed by atoms with E-state index in [0.29, 0.717) is 0 Å². The Morgan fingerprint density at radius 2 is 1.76 bits per heavy atom. The minimum Gasteiger partial charge on any atom is -0.397 e. The topological polar surface area (TPSA) is 41.7 Å². The molecule has 0 bridgehead atoms. The van der Waals surface area contributed by atoms with Gasteiger partial charge in [-0.05, 0) is 43.4 Å².